The largest absolute Gasteiger partial charge is 0.377 e. The third-order valence-corrected chi connectivity index (χ3v) is 3.21. The number of nitro benzene ring substituents is 1. The molecule has 21 heavy (non-hydrogen) atoms. The van der Waals surface area contributed by atoms with E-state index < -0.39 is 4.92 Å². The Hall–Kier alpha value is -2.19. The molecule has 2 rings (SSSR count). The van der Waals surface area contributed by atoms with E-state index in [0.29, 0.717) is 25.4 Å². The van der Waals surface area contributed by atoms with E-state index in [2.05, 4.69) is 16.0 Å². The van der Waals surface area contributed by atoms with Crippen molar-refractivity contribution >= 4 is 17.3 Å². The first-order valence-electron chi connectivity index (χ1n) is 6.68. The van der Waals surface area contributed by atoms with Gasteiger partial charge < -0.3 is 20.7 Å². The zero-order valence-corrected chi connectivity index (χ0v) is 11.7. The van der Waals surface area contributed by atoms with Gasteiger partial charge in [0.2, 0.25) is 0 Å². The Morgan fingerprint density at radius 2 is 2.38 bits per heavy atom. The molecule has 1 saturated heterocycles. The minimum absolute atomic E-state index is 0.0306. The van der Waals surface area contributed by atoms with E-state index in [9.17, 15) is 14.9 Å². The zero-order chi connectivity index (χ0) is 15.2. The number of nitrogens with zero attached hydrogens (tertiary/aromatic N) is 1. The predicted molar refractivity (Wildman–Crippen MR) is 77.6 cm³/mol. The monoisotopic (exact) mass is 294 g/mol. The molecule has 114 valence electrons. The highest BCUT2D eigenvalue weighted by Gasteiger charge is 2.19. The van der Waals surface area contributed by atoms with Crippen LogP contribution in [-0.4, -0.2) is 50.2 Å². The Labute approximate surface area is 122 Å². The number of morpholine rings is 1. The Balaban J connectivity index is 2.10. The number of nitro groups is 1. The molecule has 1 aromatic carbocycles. The van der Waals surface area contributed by atoms with Crippen LogP contribution >= 0.6 is 0 Å². The summed E-state index contributed by atoms with van der Waals surface area (Å²) in [5.74, 6) is -0.357. The van der Waals surface area contributed by atoms with E-state index in [4.69, 9.17) is 4.74 Å². The number of amides is 1. The Bertz CT molecular complexity index is 529. The van der Waals surface area contributed by atoms with Crippen LogP contribution in [0.3, 0.4) is 0 Å². The predicted octanol–water partition coefficient (Wildman–Crippen LogP) is 0.355. The van der Waals surface area contributed by atoms with E-state index in [0.717, 1.165) is 6.54 Å². The van der Waals surface area contributed by atoms with Gasteiger partial charge in [0.15, 0.2) is 0 Å². The van der Waals surface area contributed by atoms with Gasteiger partial charge in [0.05, 0.1) is 17.6 Å². The summed E-state index contributed by atoms with van der Waals surface area (Å²) in [5.41, 5.74) is 0.507. The number of anilines is 1. The van der Waals surface area contributed by atoms with Gasteiger partial charge in [-0.3, -0.25) is 14.9 Å². The maximum Gasteiger partial charge on any atom is 0.293 e. The van der Waals surface area contributed by atoms with E-state index in [1.54, 1.807) is 12.1 Å². The summed E-state index contributed by atoms with van der Waals surface area (Å²) in [5, 5.41) is 19.8. The molecule has 1 aliphatic heterocycles. The van der Waals surface area contributed by atoms with Crippen molar-refractivity contribution in [3.8, 4) is 0 Å². The molecule has 1 heterocycles. The highest BCUT2D eigenvalue weighted by atomic mass is 16.6. The van der Waals surface area contributed by atoms with Gasteiger partial charge in [0.25, 0.3) is 11.6 Å². The average Bonchev–Trinajstić information content (AvgIpc) is 2.52. The first-order valence-corrected chi connectivity index (χ1v) is 6.68. The molecule has 1 aromatic rings. The maximum atomic E-state index is 11.5. The van der Waals surface area contributed by atoms with Gasteiger partial charge >= 0.3 is 0 Å². The van der Waals surface area contributed by atoms with Crippen LogP contribution in [0.1, 0.15) is 10.4 Å². The number of ether oxygens (including phenoxy) is 1. The van der Waals surface area contributed by atoms with Gasteiger partial charge in [-0.2, -0.15) is 0 Å². The molecule has 0 aliphatic carbocycles. The number of hydrogen-bond donors (Lipinski definition) is 3. The summed E-state index contributed by atoms with van der Waals surface area (Å²) < 4.78 is 5.52. The highest BCUT2D eigenvalue weighted by molar-refractivity contribution is 5.95. The fourth-order valence-corrected chi connectivity index (χ4v) is 2.09. The quantitative estimate of drug-likeness (QED) is 0.535. The molecule has 1 unspecified atom stereocenters. The third-order valence-electron chi connectivity index (χ3n) is 3.21. The molecule has 0 bridgehead atoms. The smallest absolute Gasteiger partial charge is 0.293 e. The maximum absolute atomic E-state index is 11.5. The second kappa shape index (κ2) is 7.00. The van der Waals surface area contributed by atoms with E-state index in [1.165, 1.54) is 13.1 Å². The van der Waals surface area contributed by atoms with Gasteiger partial charge in [-0.25, -0.2) is 0 Å². The van der Waals surface area contributed by atoms with Crippen molar-refractivity contribution in [3.05, 3.63) is 33.9 Å². The van der Waals surface area contributed by atoms with Gasteiger partial charge in [0.1, 0.15) is 5.69 Å². The highest BCUT2D eigenvalue weighted by Crippen LogP contribution is 2.25. The second-order valence-corrected chi connectivity index (χ2v) is 4.65. The minimum atomic E-state index is -0.505. The standard InChI is InChI=1S/C13H18N4O4/c1-14-13(18)9-2-3-11(12(6-9)17(19)20)16-8-10-7-15-4-5-21-10/h2-3,6,10,15-16H,4-5,7-8H2,1H3,(H,14,18). The lowest BCUT2D eigenvalue weighted by atomic mass is 10.1. The summed E-state index contributed by atoms with van der Waals surface area (Å²) in [4.78, 5) is 22.1. The number of carbonyl (C=O) groups excluding carboxylic acids is 1. The van der Waals surface area contributed by atoms with Crippen LogP contribution in [0.2, 0.25) is 0 Å². The van der Waals surface area contributed by atoms with Gasteiger partial charge in [-0.1, -0.05) is 0 Å². The van der Waals surface area contributed by atoms with Gasteiger partial charge in [-0.15, -0.1) is 0 Å². The summed E-state index contributed by atoms with van der Waals surface area (Å²) in [6, 6.07) is 4.36. The molecule has 0 radical (unpaired) electrons. The molecule has 0 saturated carbocycles. The normalized spacial score (nSPS) is 18.0. The molecule has 1 aliphatic rings. The summed E-state index contributed by atoms with van der Waals surface area (Å²) in [6.45, 7) is 2.62. The molecule has 3 N–H and O–H groups in total. The average molecular weight is 294 g/mol. The first kappa shape index (κ1) is 15.2. The molecule has 1 amide bonds. The van der Waals surface area contributed by atoms with Crippen LogP contribution < -0.4 is 16.0 Å². The lowest BCUT2D eigenvalue weighted by molar-refractivity contribution is -0.384. The summed E-state index contributed by atoms with van der Waals surface area (Å²) in [7, 11) is 1.48. The zero-order valence-electron chi connectivity index (χ0n) is 11.7. The Morgan fingerprint density at radius 3 is 3.00 bits per heavy atom. The molecular weight excluding hydrogens is 276 g/mol. The molecule has 0 aromatic heterocycles. The summed E-state index contributed by atoms with van der Waals surface area (Å²) in [6.07, 6.45) is -0.0306. The fourth-order valence-electron chi connectivity index (χ4n) is 2.09. The van der Waals surface area contributed by atoms with Crippen molar-refractivity contribution in [2.24, 2.45) is 0 Å². The van der Waals surface area contributed by atoms with E-state index >= 15 is 0 Å². The second-order valence-electron chi connectivity index (χ2n) is 4.65. The van der Waals surface area contributed by atoms with Crippen LogP contribution in [-0.2, 0) is 4.74 Å². The van der Waals surface area contributed by atoms with Crippen molar-refractivity contribution in [1.29, 1.82) is 0 Å². The minimum Gasteiger partial charge on any atom is -0.377 e. The molecule has 0 spiro atoms. The van der Waals surface area contributed by atoms with E-state index in [1.807, 2.05) is 0 Å². The lowest BCUT2D eigenvalue weighted by Crippen LogP contribution is -2.42. The van der Waals surface area contributed by atoms with Crippen LogP contribution in [0.25, 0.3) is 0 Å². The molecule has 1 fully saturated rings. The lowest BCUT2D eigenvalue weighted by Gasteiger charge is -2.24. The number of rotatable bonds is 5. The molecule has 8 nitrogen and oxygen atoms in total. The fraction of sp³-hybridized carbons (Fsp3) is 0.462. The Kier molecular flexibility index (Phi) is 5.07. The van der Waals surface area contributed by atoms with Crippen molar-refractivity contribution in [2.75, 3.05) is 38.6 Å². The number of carbonyl (C=O) groups is 1. The molecular formula is C13H18N4O4. The summed E-state index contributed by atoms with van der Waals surface area (Å²) >= 11 is 0. The van der Waals surface area contributed by atoms with Crippen LogP contribution in [0, 0.1) is 10.1 Å². The SMILES string of the molecule is CNC(=O)c1ccc(NCC2CNCCO2)c([N+](=O)[O-])c1. The van der Waals surface area contributed by atoms with Gasteiger partial charge in [-0.05, 0) is 12.1 Å². The topological polar surface area (TPSA) is 106 Å². The molecule has 1 atom stereocenters. The first-order chi connectivity index (χ1) is 10.1. The van der Waals surface area contributed by atoms with Crippen molar-refractivity contribution < 1.29 is 14.5 Å². The number of hydrogen-bond acceptors (Lipinski definition) is 6. The van der Waals surface area contributed by atoms with Crippen molar-refractivity contribution in [2.45, 2.75) is 6.10 Å². The van der Waals surface area contributed by atoms with Gasteiger partial charge in [0, 0.05) is 38.3 Å². The molecule has 8 heteroatoms. The van der Waals surface area contributed by atoms with Crippen LogP contribution in [0.4, 0.5) is 11.4 Å². The third kappa shape index (κ3) is 3.89. The number of benzene rings is 1. The Morgan fingerprint density at radius 1 is 1.57 bits per heavy atom. The number of nitrogens with one attached hydrogen (secondary N) is 3. The van der Waals surface area contributed by atoms with Crippen molar-refractivity contribution in [1.82, 2.24) is 10.6 Å². The van der Waals surface area contributed by atoms with Crippen LogP contribution in [0.5, 0.6) is 0 Å². The van der Waals surface area contributed by atoms with Crippen molar-refractivity contribution in [3.63, 3.8) is 0 Å². The van der Waals surface area contributed by atoms with Crippen LogP contribution in [0.15, 0.2) is 18.2 Å². The van der Waals surface area contributed by atoms with E-state index in [-0.39, 0.29) is 23.3 Å².